The van der Waals surface area contributed by atoms with Crippen LogP contribution < -0.4 is 9.50 Å². The number of H-pyrrole nitrogens is 1. The van der Waals surface area contributed by atoms with E-state index in [0.717, 1.165) is 53.6 Å². The number of hydrogen-bond acceptors (Lipinski definition) is 7. The van der Waals surface area contributed by atoms with Crippen molar-refractivity contribution in [3.05, 3.63) is 59.5 Å². The number of carbonyl (C=O) groups is 2. The average molecular weight is 723 g/mol. The summed E-state index contributed by atoms with van der Waals surface area (Å²) >= 11 is 0. The number of aromatic amines is 1. The number of nitrogens with zero attached hydrogens (tertiary/aromatic N) is 2. The zero-order chi connectivity index (χ0) is 34.5. The van der Waals surface area contributed by atoms with Crippen LogP contribution in [0.1, 0.15) is 69.4 Å². The Morgan fingerprint density at radius 2 is 1.73 bits per heavy atom. The molecule has 266 valence electrons. The average Bonchev–Trinajstić information content (AvgIpc) is 3.80. The number of carbonyl (C=O) groups excluding carboxylic acids is 2. The molecule has 3 aromatic rings. The highest BCUT2D eigenvalue weighted by Gasteiger charge is 2.52. The van der Waals surface area contributed by atoms with Gasteiger partial charge in [0.05, 0.1) is 25.0 Å². The molecule has 2 N–H and O–H groups in total. The number of rotatable bonds is 8. The molecule has 49 heavy (non-hydrogen) atoms. The number of alkyl halides is 3. The van der Waals surface area contributed by atoms with Gasteiger partial charge >= 0.3 is 21.7 Å². The first-order chi connectivity index (χ1) is 22.7. The van der Waals surface area contributed by atoms with Gasteiger partial charge in [-0.15, -0.1) is 0 Å². The Morgan fingerprint density at radius 1 is 1.04 bits per heavy atom. The maximum atomic E-state index is 13.8. The zero-order valence-corrected chi connectivity index (χ0v) is 29.5. The predicted octanol–water partition coefficient (Wildman–Crippen LogP) is 6.64. The van der Waals surface area contributed by atoms with Crippen molar-refractivity contribution in [3.63, 3.8) is 0 Å². The van der Waals surface area contributed by atoms with E-state index in [-0.39, 0.29) is 55.0 Å². The Hall–Kier alpha value is -3.72. The largest absolute Gasteiger partial charge is 0.534 e. The standard InChI is InChI=1S/C34H39F3N4O6S.H2S/c1-18(2)29(40-33(43)46-4)32(42)41-23-11-10-22(16-23)30(41)31-38-17-27(39-31)21-8-6-20(7-9-21)24-13-14-28(47-48(44,45)34(35,36)37)26-15-19(3)5-12-25(24)26;/h6-9,13-14,17-19,22-23,29-30H,5,10-12,15-16H2,1-4H3,(H,38,39)(H,40,43);1H2. The fourth-order valence-electron chi connectivity index (χ4n) is 7.52. The summed E-state index contributed by atoms with van der Waals surface area (Å²) in [5, 5.41) is 2.70. The van der Waals surface area contributed by atoms with Crippen LogP contribution in [0.25, 0.3) is 22.4 Å². The van der Waals surface area contributed by atoms with Crippen LogP contribution in [0.3, 0.4) is 0 Å². The van der Waals surface area contributed by atoms with Crippen molar-refractivity contribution in [1.82, 2.24) is 20.2 Å². The summed E-state index contributed by atoms with van der Waals surface area (Å²) in [6.07, 6.45) is 5.63. The molecule has 6 rings (SSSR count). The summed E-state index contributed by atoms with van der Waals surface area (Å²) in [6.45, 7) is 5.74. The van der Waals surface area contributed by atoms with Gasteiger partial charge in [-0.05, 0) is 90.2 Å². The molecule has 0 radical (unpaired) electrons. The molecule has 1 aromatic heterocycles. The van der Waals surface area contributed by atoms with Gasteiger partial charge in [-0.3, -0.25) is 4.79 Å². The second-order valence-electron chi connectivity index (χ2n) is 13.4. The number of likely N-dealkylation sites (tertiary alicyclic amines) is 1. The molecule has 1 saturated heterocycles. The third kappa shape index (κ3) is 7.01. The lowest BCUT2D eigenvalue weighted by atomic mass is 9.80. The quantitative estimate of drug-likeness (QED) is 0.197. The topological polar surface area (TPSA) is 131 Å². The summed E-state index contributed by atoms with van der Waals surface area (Å²) in [5.74, 6) is 0.504. The van der Waals surface area contributed by atoms with Crippen LogP contribution >= 0.6 is 13.5 Å². The fraction of sp³-hybridized carbons (Fsp3) is 0.500. The molecule has 2 fully saturated rings. The second kappa shape index (κ2) is 13.9. The summed E-state index contributed by atoms with van der Waals surface area (Å²) in [6, 6.07) is 9.66. The molecule has 1 saturated carbocycles. The van der Waals surface area contributed by atoms with Crippen LogP contribution in [-0.4, -0.2) is 60.0 Å². The van der Waals surface area contributed by atoms with Gasteiger partial charge in [0.25, 0.3) is 0 Å². The van der Waals surface area contributed by atoms with Gasteiger partial charge in [0.1, 0.15) is 17.6 Å². The molecule has 2 bridgehead atoms. The van der Waals surface area contributed by atoms with E-state index in [1.54, 1.807) is 12.3 Å². The molecule has 2 amide bonds. The third-order valence-electron chi connectivity index (χ3n) is 9.92. The number of benzene rings is 2. The number of hydrogen-bond donors (Lipinski definition) is 2. The molecule has 15 heteroatoms. The molecule has 5 atom stereocenters. The number of nitrogens with one attached hydrogen (secondary N) is 2. The van der Waals surface area contributed by atoms with Gasteiger partial charge in [0.2, 0.25) is 5.91 Å². The number of alkyl carbamates (subject to hydrolysis) is 1. The lowest BCUT2D eigenvalue weighted by Crippen LogP contribution is -2.54. The highest BCUT2D eigenvalue weighted by Crippen LogP contribution is 2.50. The van der Waals surface area contributed by atoms with Gasteiger partial charge in [0, 0.05) is 6.04 Å². The van der Waals surface area contributed by atoms with Gasteiger partial charge in [-0.25, -0.2) is 9.78 Å². The Labute approximate surface area is 290 Å². The first-order valence-electron chi connectivity index (χ1n) is 16.2. The maximum Gasteiger partial charge on any atom is 0.534 e. The minimum atomic E-state index is -5.80. The number of imidazole rings is 1. The molecule has 3 aliphatic rings. The van der Waals surface area contributed by atoms with Gasteiger partial charge in [-0.2, -0.15) is 35.1 Å². The van der Waals surface area contributed by atoms with Crippen molar-refractivity contribution in [2.75, 3.05) is 7.11 Å². The zero-order valence-electron chi connectivity index (χ0n) is 27.6. The number of amides is 2. The molecule has 2 heterocycles. The molecule has 10 nitrogen and oxygen atoms in total. The minimum Gasteiger partial charge on any atom is -0.453 e. The SMILES string of the molecule is COC(=O)NC(C(=O)N1C2CCC(C2)C1c1ncc(-c2ccc(-c3ccc(OS(=O)(=O)C(F)(F)F)c4c3CCC(C)C4)cc2)[nH]1)C(C)C.S. The first-order valence-corrected chi connectivity index (χ1v) is 17.6. The lowest BCUT2D eigenvalue weighted by molar-refractivity contribution is -0.139. The van der Waals surface area contributed by atoms with Crippen molar-refractivity contribution in [3.8, 4) is 28.1 Å². The number of fused-ring (bicyclic) bond motifs is 3. The summed E-state index contributed by atoms with van der Waals surface area (Å²) in [5.41, 5.74) is -1.01. The predicted molar refractivity (Wildman–Crippen MR) is 182 cm³/mol. The van der Waals surface area contributed by atoms with Crippen molar-refractivity contribution < 1.29 is 40.1 Å². The second-order valence-corrected chi connectivity index (χ2v) is 15.0. The monoisotopic (exact) mass is 722 g/mol. The van der Waals surface area contributed by atoms with Crippen LogP contribution in [0.15, 0.2) is 42.6 Å². The van der Waals surface area contributed by atoms with Gasteiger partial charge < -0.3 is 24.1 Å². The highest BCUT2D eigenvalue weighted by molar-refractivity contribution is 7.88. The van der Waals surface area contributed by atoms with E-state index < -0.39 is 27.8 Å². The molecular formula is C34H41F3N4O6S2. The maximum absolute atomic E-state index is 13.8. The smallest absolute Gasteiger partial charge is 0.453 e. The molecule has 2 aromatic carbocycles. The molecular weight excluding hydrogens is 682 g/mol. The van der Waals surface area contributed by atoms with E-state index >= 15 is 0 Å². The minimum absolute atomic E-state index is 0. The fourth-order valence-corrected chi connectivity index (χ4v) is 8.00. The van der Waals surface area contributed by atoms with E-state index in [9.17, 15) is 31.2 Å². The number of aromatic nitrogens is 2. The Kier molecular flexibility index (Phi) is 10.4. The number of halogens is 3. The Morgan fingerprint density at radius 3 is 2.39 bits per heavy atom. The van der Waals surface area contributed by atoms with Crippen molar-refractivity contribution in [2.24, 2.45) is 17.8 Å². The third-order valence-corrected chi connectivity index (χ3v) is 10.9. The van der Waals surface area contributed by atoms with Crippen molar-refractivity contribution in [2.45, 2.75) is 82.9 Å². The Bertz CT molecular complexity index is 1810. The summed E-state index contributed by atoms with van der Waals surface area (Å²) in [7, 11) is -4.53. The summed E-state index contributed by atoms with van der Waals surface area (Å²) < 4.78 is 72.2. The number of methoxy groups -OCH3 is 1. The number of ether oxygens (including phenoxy) is 1. The molecule has 0 spiro atoms. The van der Waals surface area contributed by atoms with E-state index in [0.29, 0.717) is 24.2 Å². The number of piperidine rings is 1. The highest BCUT2D eigenvalue weighted by atomic mass is 32.2. The lowest BCUT2D eigenvalue weighted by Gasteiger charge is -2.37. The van der Waals surface area contributed by atoms with Crippen LogP contribution in [0, 0.1) is 17.8 Å². The summed E-state index contributed by atoms with van der Waals surface area (Å²) in [4.78, 5) is 35.9. The van der Waals surface area contributed by atoms with E-state index in [4.69, 9.17) is 9.72 Å². The molecule has 5 unspecified atom stereocenters. The van der Waals surface area contributed by atoms with E-state index in [2.05, 4.69) is 14.5 Å². The normalized spacial score (nSPS) is 22.3. The first kappa shape index (κ1) is 36.6. The van der Waals surface area contributed by atoms with E-state index in [1.807, 2.05) is 49.9 Å². The van der Waals surface area contributed by atoms with Gasteiger partial charge in [0.15, 0.2) is 0 Å². The van der Waals surface area contributed by atoms with E-state index in [1.165, 1.54) is 13.2 Å². The van der Waals surface area contributed by atoms with Gasteiger partial charge in [-0.1, -0.05) is 51.1 Å². The molecule has 1 aliphatic heterocycles. The Balaban J connectivity index is 0.00000468. The van der Waals surface area contributed by atoms with Crippen LogP contribution in [-0.2, 0) is 32.5 Å². The van der Waals surface area contributed by atoms with Crippen molar-refractivity contribution in [1.29, 1.82) is 0 Å². The van der Waals surface area contributed by atoms with Crippen LogP contribution in [0.4, 0.5) is 18.0 Å². The van der Waals surface area contributed by atoms with Crippen molar-refractivity contribution >= 4 is 35.6 Å². The molecule has 2 aliphatic carbocycles. The van der Waals surface area contributed by atoms with Crippen LogP contribution in [0.5, 0.6) is 5.75 Å². The van der Waals surface area contributed by atoms with Crippen LogP contribution in [0.2, 0.25) is 0 Å².